The highest BCUT2D eigenvalue weighted by atomic mass is 15.3. The van der Waals surface area contributed by atoms with Crippen molar-refractivity contribution in [2.45, 2.75) is 33.1 Å². The van der Waals surface area contributed by atoms with E-state index in [1.807, 2.05) is 17.9 Å². The summed E-state index contributed by atoms with van der Waals surface area (Å²) >= 11 is 0. The Hall–Kier alpha value is -1.38. The third-order valence-corrected chi connectivity index (χ3v) is 2.53. The first kappa shape index (κ1) is 10.1. The molecule has 0 aliphatic rings. The van der Waals surface area contributed by atoms with Gasteiger partial charge in [0.15, 0.2) is 5.65 Å². The molecule has 0 saturated carbocycles. The second-order valence-electron chi connectivity index (χ2n) is 5.11. The predicted octanol–water partition coefficient (Wildman–Crippen LogP) is 2.57. The largest absolute Gasteiger partial charge is 0.250 e. The van der Waals surface area contributed by atoms with Crippen LogP contribution in [0.2, 0.25) is 0 Å². The van der Waals surface area contributed by atoms with E-state index >= 15 is 0 Å². The van der Waals surface area contributed by atoms with Crippen LogP contribution < -0.4 is 0 Å². The Kier molecular flexibility index (Phi) is 2.07. The molecule has 0 bridgehead atoms. The summed E-state index contributed by atoms with van der Waals surface area (Å²) in [6, 6.07) is 2.16. The molecular formula is C12H17N3. The number of aryl methyl sites for hydroxylation is 2. The summed E-state index contributed by atoms with van der Waals surface area (Å²) < 4.78 is 1.86. The molecule has 2 aromatic rings. The van der Waals surface area contributed by atoms with E-state index in [4.69, 9.17) is 0 Å². The Balaban J connectivity index is 2.81. The quantitative estimate of drug-likeness (QED) is 0.659. The van der Waals surface area contributed by atoms with E-state index in [1.165, 1.54) is 10.9 Å². The van der Waals surface area contributed by atoms with Crippen molar-refractivity contribution in [2.75, 3.05) is 0 Å². The number of pyridine rings is 1. The van der Waals surface area contributed by atoms with Crippen molar-refractivity contribution >= 4 is 11.0 Å². The van der Waals surface area contributed by atoms with Gasteiger partial charge in [0, 0.05) is 24.0 Å². The van der Waals surface area contributed by atoms with Crippen molar-refractivity contribution in [2.24, 2.45) is 7.05 Å². The maximum absolute atomic E-state index is 4.56. The summed E-state index contributed by atoms with van der Waals surface area (Å²) in [6.45, 7) is 8.59. The minimum atomic E-state index is 0.0645. The highest BCUT2D eigenvalue weighted by Crippen LogP contribution is 2.28. The lowest BCUT2D eigenvalue weighted by molar-refractivity contribution is 0.558. The van der Waals surface area contributed by atoms with Crippen molar-refractivity contribution in [1.82, 2.24) is 14.8 Å². The lowest BCUT2D eigenvalue weighted by atomic mass is 9.90. The minimum Gasteiger partial charge on any atom is -0.250 e. The van der Waals surface area contributed by atoms with Gasteiger partial charge in [-0.1, -0.05) is 20.8 Å². The first-order valence-electron chi connectivity index (χ1n) is 5.19. The molecule has 0 aliphatic heterocycles. The molecule has 0 amide bonds. The topological polar surface area (TPSA) is 30.7 Å². The molecule has 2 heterocycles. The molecule has 3 nitrogen and oxygen atoms in total. The van der Waals surface area contributed by atoms with Crippen LogP contribution in [-0.2, 0) is 12.5 Å². The van der Waals surface area contributed by atoms with Gasteiger partial charge in [-0.3, -0.25) is 4.68 Å². The zero-order valence-corrected chi connectivity index (χ0v) is 10.00. The van der Waals surface area contributed by atoms with E-state index < -0.39 is 0 Å². The summed E-state index contributed by atoms with van der Waals surface area (Å²) in [7, 11) is 1.94. The SMILES string of the molecule is Cc1cnc2c(c1)c(C(C)(C)C)nn2C. The van der Waals surface area contributed by atoms with Gasteiger partial charge < -0.3 is 0 Å². The molecule has 0 fully saturated rings. The van der Waals surface area contributed by atoms with Crippen molar-refractivity contribution in [3.05, 3.63) is 23.5 Å². The summed E-state index contributed by atoms with van der Waals surface area (Å²) in [6.07, 6.45) is 1.89. The Bertz CT molecular complexity index is 503. The highest BCUT2D eigenvalue weighted by Gasteiger charge is 2.21. The third kappa shape index (κ3) is 1.62. The Labute approximate surface area is 90.1 Å². The minimum absolute atomic E-state index is 0.0645. The van der Waals surface area contributed by atoms with Crippen LogP contribution in [-0.4, -0.2) is 14.8 Å². The van der Waals surface area contributed by atoms with Crippen LogP contribution in [0.3, 0.4) is 0 Å². The van der Waals surface area contributed by atoms with Crippen LogP contribution >= 0.6 is 0 Å². The zero-order valence-electron chi connectivity index (χ0n) is 10.00. The fourth-order valence-corrected chi connectivity index (χ4v) is 1.80. The molecule has 0 aliphatic carbocycles. The molecule has 0 spiro atoms. The van der Waals surface area contributed by atoms with E-state index in [0.29, 0.717) is 0 Å². The molecule has 2 aromatic heterocycles. The fraction of sp³-hybridized carbons (Fsp3) is 0.500. The normalized spacial score (nSPS) is 12.3. The summed E-state index contributed by atoms with van der Waals surface area (Å²) in [5, 5.41) is 5.73. The van der Waals surface area contributed by atoms with Gasteiger partial charge in [-0.05, 0) is 18.6 Å². The average Bonchev–Trinajstić information content (AvgIpc) is 2.42. The lowest BCUT2D eigenvalue weighted by Gasteiger charge is -2.15. The van der Waals surface area contributed by atoms with Gasteiger partial charge in [0.05, 0.1) is 5.69 Å². The number of fused-ring (bicyclic) bond motifs is 1. The van der Waals surface area contributed by atoms with E-state index in [2.05, 4.69) is 43.8 Å². The summed E-state index contributed by atoms with van der Waals surface area (Å²) in [5.74, 6) is 0. The van der Waals surface area contributed by atoms with Gasteiger partial charge in [-0.15, -0.1) is 0 Å². The van der Waals surface area contributed by atoms with Crippen molar-refractivity contribution < 1.29 is 0 Å². The van der Waals surface area contributed by atoms with Gasteiger partial charge in [-0.2, -0.15) is 5.10 Å². The average molecular weight is 203 g/mol. The van der Waals surface area contributed by atoms with Crippen LogP contribution in [0.5, 0.6) is 0 Å². The van der Waals surface area contributed by atoms with Crippen molar-refractivity contribution in [3.63, 3.8) is 0 Å². The van der Waals surface area contributed by atoms with Crippen molar-refractivity contribution in [1.29, 1.82) is 0 Å². The molecule has 0 N–H and O–H groups in total. The van der Waals surface area contributed by atoms with Crippen LogP contribution in [0, 0.1) is 6.92 Å². The van der Waals surface area contributed by atoms with E-state index in [0.717, 1.165) is 11.3 Å². The monoisotopic (exact) mass is 203 g/mol. The molecule has 0 aromatic carbocycles. The third-order valence-electron chi connectivity index (χ3n) is 2.53. The second-order valence-corrected chi connectivity index (χ2v) is 5.11. The maximum atomic E-state index is 4.56. The Morgan fingerprint density at radius 2 is 1.93 bits per heavy atom. The molecule has 0 atom stereocenters. The first-order valence-corrected chi connectivity index (χ1v) is 5.19. The van der Waals surface area contributed by atoms with Gasteiger partial charge in [0.25, 0.3) is 0 Å². The molecule has 3 heteroatoms. The van der Waals surface area contributed by atoms with Gasteiger partial charge in [0.1, 0.15) is 0 Å². The number of nitrogens with zero attached hydrogens (tertiary/aromatic N) is 3. The standard InChI is InChI=1S/C12H17N3/c1-8-6-9-10(12(2,3)4)14-15(5)11(9)13-7-8/h6-7H,1-5H3. The maximum Gasteiger partial charge on any atom is 0.157 e. The zero-order chi connectivity index (χ0) is 11.2. The van der Waals surface area contributed by atoms with Crippen LogP contribution in [0.4, 0.5) is 0 Å². The summed E-state index contributed by atoms with van der Waals surface area (Å²) in [5.41, 5.74) is 3.33. The highest BCUT2D eigenvalue weighted by molar-refractivity contribution is 5.79. The molecule has 0 saturated heterocycles. The van der Waals surface area contributed by atoms with Gasteiger partial charge in [0.2, 0.25) is 0 Å². The molecule has 2 rings (SSSR count). The van der Waals surface area contributed by atoms with Crippen LogP contribution in [0.15, 0.2) is 12.3 Å². The smallest absolute Gasteiger partial charge is 0.157 e. The molecule has 80 valence electrons. The molecule has 0 unspecified atom stereocenters. The van der Waals surface area contributed by atoms with E-state index in [9.17, 15) is 0 Å². The fourth-order valence-electron chi connectivity index (χ4n) is 1.80. The molecule has 15 heavy (non-hydrogen) atoms. The summed E-state index contributed by atoms with van der Waals surface area (Å²) in [4.78, 5) is 4.41. The number of aromatic nitrogens is 3. The van der Waals surface area contributed by atoms with Crippen LogP contribution in [0.1, 0.15) is 32.0 Å². The lowest BCUT2D eigenvalue weighted by Crippen LogP contribution is -2.12. The predicted molar refractivity (Wildman–Crippen MR) is 61.9 cm³/mol. The van der Waals surface area contributed by atoms with Gasteiger partial charge in [-0.25, -0.2) is 4.98 Å². The molecule has 0 radical (unpaired) electrons. The van der Waals surface area contributed by atoms with E-state index in [-0.39, 0.29) is 5.41 Å². The molecular weight excluding hydrogens is 186 g/mol. The van der Waals surface area contributed by atoms with Gasteiger partial charge >= 0.3 is 0 Å². The second kappa shape index (κ2) is 3.05. The van der Waals surface area contributed by atoms with Crippen LogP contribution in [0.25, 0.3) is 11.0 Å². The van der Waals surface area contributed by atoms with Crippen molar-refractivity contribution in [3.8, 4) is 0 Å². The Morgan fingerprint density at radius 3 is 2.53 bits per heavy atom. The first-order chi connectivity index (χ1) is 6.89. The number of rotatable bonds is 0. The van der Waals surface area contributed by atoms with E-state index in [1.54, 1.807) is 0 Å². The Morgan fingerprint density at radius 1 is 1.27 bits per heavy atom. The number of hydrogen-bond donors (Lipinski definition) is 0. The number of hydrogen-bond acceptors (Lipinski definition) is 2.